The first-order chi connectivity index (χ1) is 10.1. The van der Waals surface area contributed by atoms with Crippen molar-refractivity contribution in [2.45, 2.75) is 19.5 Å². The van der Waals surface area contributed by atoms with Crippen molar-refractivity contribution >= 4 is 5.69 Å². The molecule has 2 aromatic carbocycles. The standard InChI is InChI=1S/C15H14F2N2O2/c16-15(17)13-6-4-11(5-7-13)9-18-10-12-2-1-3-14(8-12)19(20)21/h1-8,15,18H,9-10H2. The minimum atomic E-state index is -2.46. The quantitative estimate of drug-likeness (QED) is 0.650. The van der Waals surface area contributed by atoms with Gasteiger partial charge in [-0.3, -0.25) is 10.1 Å². The average Bonchev–Trinajstić information content (AvgIpc) is 2.48. The van der Waals surface area contributed by atoms with Crippen LogP contribution in [0, 0.1) is 10.1 Å². The van der Waals surface area contributed by atoms with E-state index in [0.29, 0.717) is 13.1 Å². The van der Waals surface area contributed by atoms with Crippen LogP contribution in [0.4, 0.5) is 14.5 Å². The maximum atomic E-state index is 12.4. The summed E-state index contributed by atoms with van der Waals surface area (Å²) < 4.78 is 24.8. The highest BCUT2D eigenvalue weighted by Gasteiger charge is 2.06. The summed E-state index contributed by atoms with van der Waals surface area (Å²) >= 11 is 0. The molecule has 0 heterocycles. The second-order valence-corrected chi connectivity index (χ2v) is 4.57. The smallest absolute Gasteiger partial charge is 0.269 e. The van der Waals surface area contributed by atoms with Crippen molar-refractivity contribution in [1.29, 1.82) is 0 Å². The summed E-state index contributed by atoms with van der Waals surface area (Å²) in [5, 5.41) is 13.8. The fourth-order valence-corrected chi connectivity index (χ4v) is 1.91. The van der Waals surface area contributed by atoms with E-state index in [1.807, 2.05) is 0 Å². The molecule has 0 aliphatic rings. The largest absolute Gasteiger partial charge is 0.309 e. The van der Waals surface area contributed by atoms with Gasteiger partial charge < -0.3 is 5.32 Å². The molecule has 0 aromatic heterocycles. The first kappa shape index (κ1) is 15.1. The van der Waals surface area contributed by atoms with Crippen LogP contribution in [0.15, 0.2) is 48.5 Å². The van der Waals surface area contributed by atoms with Crippen LogP contribution in [0.3, 0.4) is 0 Å². The highest BCUT2D eigenvalue weighted by Crippen LogP contribution is 2.18. The van der Waals surface area contributed by atoms with Gasteiger partial charge >= 0.3 is 0 Å². The van der Waals surface area contributed by atoms with Gasteiger partial charge in [-0.05, 0) is 11.1 Å². The minimum Gasteiger partial charge on any atom is -0.309 e. The fourth-order valence-electron chi connectivity index (χ4n) is 1.91. The van der Waals surface area contributed by atoms with Crippen molar-refractivity contribution in [3.05, 3.63) is 75.3 Å². The SMILES string of the molecule is O=[N+]([O-])c1cccc(CNCc2ccc(C(F)F)cc2)c1. The number of halogens is 2. The molecule has 0 bridgehead atoms. The maximum absolute atomic E-state index is 12.4. The lowest BCUT2D eigenvalue weighted by Gasteiger charge is -2.06. The Morgan fingerprint density at radius 3 is 2.33 bits per heavy atom. The summed E-state index contributed by atoms with van der Waals surface area (Å²) in [5.41, 5.74) is 1.73. The summed E-state index contributed by atoms with van der Waals surface area (Å²) in [6.45, 7) is 0.977. The first-order valence-corrected chi connectivity index (χ1v) is 6.37. The fraction of sp³-hybridized carbons (Fsp3) is 0.200. The molecule has 2 aromatic rings. The number of nitro groups is 1. The molecule has 1 N–H and O–H groups in total. The van der Waals surface area contributed by atoms with Gasteiger partial charge in [-0.1, -0.05) is 36.4 Å². The van der Waals surface area contributed by atoms with E-state index >= 15 is 0 Å². The Kier molecular flexibility index (Phi) is 4.94. The van der Waals surface area contributed by atoms with E-state index in [1.165, 1.54) is 24.3 Å². The average molecular weight is 292 g/mol. The predicted molar refractivity (Wildman–Crippen MR) is 75.0 cm³/mol. The van der Waals surface area contributed by atoms with Crippen LogP contribution in [0.5, 0.6) is 0 Å². The summed E-state index contributed by atoms with van der Waals surface area (Å²) in [6, 6.07) is 12.4. The Bertz CT molecular complexity index is 615. The molecule has 0 saturated carbocycles. The molecule has 2 rings (SSSR count). The van der Waals surface area contributed by atoms with E-state index in [9.17, 15) is 18.9 Å². The van der Waals surface area contributed by atoms with Gasteiger partial charge in [-0.15, -0.1) is 0 Å². The van der Waals surface area contributed by atoms with E-state index in [0.717, 1.165) is 11.1 Å². The lowest BCUT2D eigenvalue weighted by molar-refractivity contribution is -0.384. The van der Waals surface area contributed by atoms with Gasteiger partial charge in [-0.25, -0.2) is 8.78 Å². The molecular formula is C15H14F2N2O2. The molecule has 0 aliphatic heterocycles. The van der Waals surface area contributed by atoms with Crippen LogP contribution in [0.2, 0.25) is 0 Å². The third-order valence-electron chi connectivity index (χ3n) is 3.01. The molecule has 0 aliphatic carbocycles. The summed E-state index contributed by atoms with van der Waals surface area (Å²) in [5.74, 6) is 0. The van der Waals surface area contributed by atoms with Crippen molar-refractivity contribution in [1.82, 2.24) is 5.32 Å². The lowest BCUT2D eigenvalue weighted by atomic mass is 10.1. The maximum Gasteiger partial charge on any atom is 0.269 e. The van der Waals surface area contributed by atoms with Crippen molar-refractivity contribution in [2.75, 3.05) is 0 Å². The zero-order valence-electron chi connectivity index (χ0n) is 11.1. The van der Waals surface area contributed by atoms with Gasteiger partial charge in [0.2, 0.25) is 0 Å². The highest BCUT2D eigenvalue weighted by molar-refractivity contribution is 5.34. The van der Waals surface area contributed by atoms with Crippen molar-refractivity contribution in [2.24, 2.45) is 0 Å². The molecule has 110 valence electrons. The molecule has 0 unspecified atom stereocenters. The number of nitrogens with zero attached hydrogens (tertiary/aromatic N) is 1. The normalized spacial score (nSPS) is 10.8. The monoisotopic (exact) mass is 292 g/mol. The summed E-state index contributed by atoms with van der Waals surface area (Å²) in [6.07, 6.45) is -2.46. The molecule has 4 nitrogen and oxygen atoms in total. The van der Waals surface area contributed by atoms with Crippen LogP contribution in [-0.2, 0) is 13.1 Å². The summed E-state index contributed by atoms with van der Waals surface area (Å²) in [7, 11) is 0. The molecule has 6 heteroatoms. The molecule has 0 spiro atoms. The number of hydrogen-bond acceptors (Lipinski definition) is 3. The van der Waals surface area contributed by atoms with Gasteiger partial charge in [0.05, 0.1) is 4.92 Å². The Balaban J connectivity index is 1.89. The van der Waals surface area contributed by atoms with E-state index in [2.05, 4.69) is 5.32 Å². The van der Waals surface area contributed by atoms with E-state index in [-0.39, 0.29) is 11.3 Å². The number of nitro benzene ring substituents is 1. The number of hydrogen-bond donors (Lipinski definition) is 1. The topological polar surface area (TPSA) is 55.2 Å². The molecule has 0 radical (unpaired) electrons. The molecule has 0 fully saturated rings. The van der Waals surface area contributed by atoms with Crippen molar-refractivity contribution < 1.29 is 13.7 Å². The third kappa shape index (κ3) is 4.32. The molecule has 21 heavy (non-hydrogen) atoms. The van der Waals surface area contributed by atoms with Crippen LogP contribution >= 0.6 is 0 Å². The molecule has 0 saturated heterocycles. The Labute approximate surface area is 120 Å². The van der Waals surface area contributed by atoms with Crippen molar-refractivity contribution in [3.8, 4) is 0 Å². The van der Waals surface area contributed by atoms with Crippen LogP contribution in [0.1, 0.15) is 23.1 Å². The van der Waals surface area contributed by atoms with E-state index in [1.54, 1.807) is 24.3 Å². The molecule has 0 atom stereocenters. The number of alkyl halides is 2. The van der Waals surface area contributed by atoms with Gasteiger partial charge in [0.1, 0.15) is 0 Å². The zero-order chi connectivity index (χ0) is 15.2. The summed E-state index contributed by atoms with van der Waals surface area (Å²) in [4.78, 5) is 10.2. The first-order valence-electron chi connectivity index (χ1n) is 6.37. The second kappa shape index (κ2) is 6.90. The third-order valence-corrected chi connectivity index (χ3v) is 3.01. The number of nitrogens with one attached hydrogen (secondary N) is 1. The molecule has 0 amide bonds. The minimum absolute atomic E-state index is 0.00238. The number of rotatable bonds is 6. The number of benzene rings is 2. The second-order valence-electron chi connectivity index (χ2n) is 4.57. The molecular weight excluding hydrogens is 278 g/mol. The van der Waals surface area contributed by atoms with E-state index in [4.69, 9.17) is 0 Å². The number of non-ortho nitro benzene ring substituents is 1. The Hall–Kier alpha value is -2.34. The van der Waals surface area contributed by atoms with Crippen LogP contribution in [0.25, 0.3) is 0 Å². The zero-order valence-corrected chi connectivity index (χ0v) is 11.1. The highest BCUT2D eigenvalue weighted by atomic mass is 19.3. The Morgan fingerprint density at radius 1 is 1.05 bits per heavy atom. The predicted octanol–water partition coefficient (Wildman–Crippen LogP) is 3.82. The van der Waals surface area contributed by atoms with E-state index < -0.39 is 11.3 Å². The van der Waals surface area contributed by atoms with Crippen LogP contribution in [-0.4, -0.2) is 4.92 Å². The van der Waals surface area contributed by atoms with Crippen molar-refractivity contribution in [3.63, 3.8) is 0 Å². The van der Waals surface area contributed by atoms with Crippen LogP contribution < -0.4 is 5.32 Å². The van der Waals surface area contributed by atoms with Gasteiger partial charge in [0.15, 0.2) is 0 Å². The van der Waals surface area contributed by atoms with Gasteiger partial charge in [0, 0.05) is 30.8 Å². The van der Waals surface area contributed by atoms with Gasteiger partial charge in [-0.2, -0.15) is 0 Å². The Morgan fingerprint density at radius 2 is 1.71 bits per heavy atom. The lowest BCUT2D eigenvalue weighted by Crippen LogP contribution is -2.12. The van der Waals surface area contributed by atoms with Gasteiger partial charge in [0.25, 0.3) is 12.1 Å².